The lowest BCUT2D eigenvalue weighted by Crippen LogP contribution is -2.58. The maximum Gasteiger partial charge on any atom is 0.323 e. The van der Waals surface area contributed by atoms with Gasteiger partial charge in [0.25, 0.3) is 0 Å². The number of carboxylic acid groups (broad SMARTS) is 1. The van der Waals surface area contributed by atoms with E-state index in [0.29, 0.717) is 5.75 Å². The number of aliphatic carboxylic acids is 1. The first-order valence-corrected chi connectivity index (χ1v) is 11.9. The minimum Gasteiger partial charge on any atom is -0.480 e. The highest BCUT2D eigenvalue weighted by atomic mass is 127. The highest BCUT2D eigenvalue weighted by Gasteiger charge is 2.48. The summed E-state index contributed by atoms with van der Waals surface area (Å²) < 4.78 is 27.8. The molecule has 144 valence electrons. The first-order chi connectivity index (χ1) is 12.6. The molecule has 0 saturated carbocycles. The summed E-state index contributed by atoms with van der Waals surface area (Å²) in [5, 5.41) is 9.65. The molecule has 0 spiro atoms. The van der Waals surface area contributed by atoms with Gasteiger partial charge in [-0.15, -0.1) is 0 Å². The van der Waals surface area contributed by atoms with Crippen LogP contribution in [0.4, 0.5) is 0 Å². The van der Waals surface area contributed by atoms with Crippen LogP contribution in [0.15, 0.2) is 53.4 Å². The standard InChI is InChI=1S/C19H20INO4S2/c1-19(2)17(18(22)23)21(10-11-26-19)27(24,25)16-8-6-13(7-9-16)14-4-3-5-15(20)12-14/h3-9,12,17H,10-11H2,1-2H3,(H,22,23)/t17-/m0/s1. The lowest BCUT2D eigenvalue weighted by atomic mass is 10.0. The predicted octanol–water partition coefficient (Wildman–Crippen LogP) is 3.93. The fourth-order valence-corrected chi connectivity index (χ4v) is 6.89. The number of thioether (sulfide) groups is 1. The molecule has 0 amide bonds. The van der Waals surface area contributed by atoms with Crippen LogP contribution in [-0.4, -0.2) is 46.9 Å². The number of sulfonamides is 1. The Labute approximate surface area is 177 Å². The van der Waals surface area contributed by atoms with Crippen LogP contribution >= 0.6 is 34.4 Å². The lowest BCUT2D eigenvalue weighted by molar-refractivity contribution is -0.142. The Morgan fingerprint density at radius 1 is 1.19 bits per heavy atom. The van der Waals surface area contributed by atoms with Gasteiger partial charge in [-0.2, -0.15) is 16.1 Å². The van der Waals surface area contributed by atoms with Crippen LogP contribution in [0.3, 0.4) is 0 Å². The molecular formula is C19H20INO4S2. The number of hydrogen-bond acceptors (Lipinski definition) is 4. The smallest absolute Gasteiger partial charge is 0.323 e. The van der Waals surface area contributed by atoms with Crippen molar-refractivity contribution in [3.63, 3.8) is 0 Å². The van der Waals surface area contributed by atoms with Crippen LogP contribution < -0.4 is 0 Å². The predicted molar refractivity (Wildman–Crippen MR) is 116 cm³/mol. The molecule has 1 atom stereocenters. The Morgan fingerprint density at radius 2 is 1.85 bits per heavy atom. The third-order valence-electron chi connectivity index (χ3n) is 4.59. The van der Waals surface area contributed by atoms with Crippen molar-refractivity contribution in [1.82, 2.24) is 4.31 Å². The van der Waals surface area contributed by atoms with Crippen molar-refractivity contribution in [2.45, 2.75) is 29.5 Å². The quantitative estimate of drug-likeness (QED) is 0.623. The van der Waals surface area contributed by atoms with Gasteiger partial charge in [0, 0.05) is 20.6 Å². The molecule has 0 aromatic heterocycles. The summed E-state index contributed by atoms with van der Waals surface area (Å²) in [4.78, 5) is 11.9. The maximum absolute atomic E-state index is 13.1. The van der Waals surface area contributed by atoms with Gasteiger partial charge in [-0.25, -0.2) is 8.42 Å². The molecule has 1 fully saturated rings. The van der Waals surface area contributed by atoms with Gasteiger partial charge in [-0.1, -0.05) is 24.3 Å². The van der Waals surface area contributed by atoms with Crippen LogP contribution in [0, 0.1) is 3.57 Å². The average molecular weight is 517 g/mol. The van der Waals surface area contributed by atoms with Crippen LogP contribution in [0.2, 0.25) is 0 Å². The Bertz CT molecular complexity index is 958. The van der Waals surface area contributed by atoms with Crippen LogP contribution in [-0.2, 0) is 14.8 Å². The van der Waals surface area contributed by atoms with Crippen molar-refractivity contribution in [2.75, 3.05) is 12.3 Å². The van der Waals surface area contributed by atoms with E-state index >= 15 is 0 Å². The van der Waals surface area contributed by atoms with E-state index in [4.69, 9.17) is 0 Å². The molecule has 1 aliphatic rings. The number of rotatable bonds is 4. The molecule has 8 heteroatoms. The molecule has 0 radical (unpaired) electrons. The van der Waals surface area contributed by atoms with Crippen molar-refractivity contribution in [3.05, 3.63) is 52.1 Å². The summed E-state index contributed by atoms with van der Waals surface area (Å²) in [6.07, 6.45) is 0. The largest absolute Gasteiger partial charge is 0.480 e. The third kappa shape index (κ3) is 4.18. The molecule has 3 rings (SSSR count). The third-order valence-corrected chi connectivity index (χ3v) is 8.49. The zero-order valence-electron chi connectivity index (χ0n) is 14.9. The number of carbonyl (C=O) groups is 1. The van der Waals surface area contributed by atoms with Crippen molar-refractivity contribution < 1.29 is 18.3 Å². The summed E-state index contributed by atoms with van der Waals surface area (Å²) in [5.74, 6) is -0.553. The van der Waals surface area contributed by atoms with Crippen LogP contribution in [0.5, 0.6) is 0 Å². The highest BCUT2D eigenvalue weighted by molar-refractivity contribution is 14.1. The molecule has 1 N–H and O–H groups in total. The second kappa shape index (κ2) is 7.73. The van der Waals surface area contributed by atoms with Gasteiger partial charge in [0.1, 0.15) is 6.04 Å². The second-order valence-electron chi connectivity index (χ2n) is 6.84. The number of nitrogens with zero attached hydrogens (tertiary/aromatic N) is 1. The van der Waals surface area contributed by atoms with E-state index in [1.165, 1.54) is 11.8 Å². The zero-order valence-corrected chi connectivity index (χ0v) is 18.7. The van der Waals surface area contributed by atoms with E-state index in [-0.39, 0.29) is 11.4 Å². The molecule has 1 saturated heterocycles. The zero-order chi connectivity index (χ0) is 19.8. The molecule has 27 heavy (non-hydrogen) atoms. The van der Waals surface area contributed by atoms with Crippen LogP contribution in [0.25, 0.3) is 11.1 Å². The average Bonchev–Trinajstić information content (AvgIpc) is 2.60. The highest BCUT2D eigenvalue weighted by Crippen LogP contribution is 2.38. The second-order valence-corrected chi connectivity index (χ2v) is 11.7. The van der Waals surface area contributed by atoms with E-state index in [0.717, 1.165) is 19.0 Å². The summed E-state index contributed by atoms with van der Waals surface area (Å²) in [5.41, 5.74) is 1.92. The van der Waals surface area contributed by atoms with Crippen molar-refractivity contribution >= 4 is 50.3 Å². The Hall–Kier alpha value is -1.10. The molecule has 1 heterocycles. The van der Waals surface area contributed by atoms with E-state index in [2.05, 4.69) is 22.6 Å². The summed E-state index contributed by atoms with van der Waals surface area (Å²) in [6, 6.07) is 13.5. The normalized spacial score (nSPS) is 20.3. The molecule has 0 unspecified atom stereocenters. The molecule has 5 nitrogen and oxygen atoms in total. The van der Waals surface area contributed by atoms with Crippen LogP contribution in [0.1, 0.15) is 13.8 Å². The molecule has 2 aromatic carbocycles. The van der Waals surface area contributed by atoms with Crippen molar-refractivity contribution in [3.8, 4) is 11.1 Å². The van der Waals surface area contributed by atoms with Gasteiger partial charge < -0.3 is 5.11 Å². The summed E-state index contributed by atoms with van der Waals surface area (Å²) >= 11 is 3.72. The van der Waals surface area contributed by atoms with Gasteiger partial charge >= 0.3 is 5.97 Å². The summed E-state index contributed by atoms with van der Waals surface area (Å²) in [7, 11) is -3.90. The molecular weight excluding hydrogens is 497 g/mol. The summed E-state index contributed by atoms with van der Waals surface area (Å²) in [6.45, 7) is 3.74. The van der Waals surface area contributed by atoms with Gasteiger partial charge in [-0.05, 0) is 71.8 Å². The Morgan fingerprint density at radius 3 is 2.44 bits per heavy atom. The molecule has 2 aromatic rings. The van der Waals surface area contributed by atoms with Gasteiger partial charge in [-0.3, -0.25) is 4.79 Å². The van der Waals surface area contributed by atoms with E-state index < -0.39 is 26.8 Å². The van der Waals surface area contributed by atoms with Gasteiger partial charge in [0.2, 0.25) is 10.0 Å². The molecule has 0 aliphatic carbocycles. The van der Waals surface area contributed by atoms with Gasteiger partial charge in [0.05, 0.1) is 4.90 Å². The topological polar surface area (TPSA) is 74.7 Å². The fourth-order valence-electron chi connectivity index (χ4n) is 3.26. The van der Waals surface area contributed by atoms with Crippen molar-refractivity contribution in [1.29, 1.82) is 0 Å². The lowest BCUT2D eigenvalue weighted by Gasteiger charge is -2.42. The first kappa shape index (κ1) is 20.6. The van der Waals surface area contributed by atoms with Gasteiger partial charge in [0.15, 0.2) is 0 Å². The first-order valence-electron chi connectivity index (χ1n) is 8.37. The minimum absolute atomic E-state index is 0.117. The Balaban J connectivity index is 1.96. The fraction of sp³-hybridized carbons (Fsp3) is 0.316. The number of benzene rings is 2. The minimum atomic E-state index is -3.90. The van der Waals surface area contributed by atoms with E-state index in [9.17, 15) is 18.3 Å². The van der Waals surface area contributed by atoms with E-state index in [1.807, 2.05) is 24.3 Å². The number of halogens is 1. The molecule has 1 aliphatic heterocycles. The number of hydrogen-bond donors (Lipinski definition) is 1. The Kier molecular flexibility index (Phi) is 5.90. The number of carboxylic acids is 1. The van der Waals surface area contributed by atoms with E-state index in [1.54, 1.807) is 38.1 Å². The maximum atomic E-state index is 13.1. The molecule has 0 bridgehead atoms. The SMILES string of the molecule is CC1(C)SCCN(S(=O)(=O)c2ccc(-c3cccc(I)c3)cc2)[C@H]1C(=O)O. The monoisotopic (exact) mass is 517 g/mol. The van der Waals surface area contributed by atoms with Crippen molar-refractivity contribution in [2.24, 2.45) is 0 Å².